The Bertz CT molecular complexity index is 395. The summed E-state index contributed by atoms with van der Waals surface area (Å²) in [6, 6.07) is 2.39. The SMILES string of the molecule is CCC(CC)N(CCO)c1snc(N)c1C#N. The fraction of sp³-hybridized carbons (Fsp3) is 0.636. The van der Waals surface area contributed by atoms with Gasteiger partial charge < -0.3 is 15.7 Å². The van der Waals surface area contributed by atoms with Gasteiger partial charge in [-0.15, -0.1) is 0 Å². The van der Waals surface area contributed by atoms with Gasteiger partial charge in [-0.2, -0.15) is 9.64 Å². The summed E-state index contributed by atoms with van der Waals surface area (Å²) in [5.74, 6) is 0.279. The molecule has 1 rings (SSSR count). The van der Waals surface area contributed by atoms with Crippen LogP contribution in [0, 0.1) is 11.3 Å². The maximum Gasteiger partial charge on any atom is 0.157 e. The van der Waals surface area contributed by atoms with Crippen molar-refractivity contribution >= 4 is 22.4 Å². The Kier molecular flexibility index (Phi) is 5.19. The monoisotopic (exact) mass is 254 g/mol. The highest BCUT2D eigenvalue weighted by Crippen LogP contribution is 2.32. The zero-order valence-electron chi connectivity index (χ0n) is 10.2. The lowest BCUT2D eigenvalue weighted by molar-refractivity contribution is 0.296. The van der Waals surface area contributed by atoms with E-state index in [0.29, 0.717) is 18.2 Å². The van der Waals surface area contributed by atoms with Crippen molar-refractivity contribution in [3.8, 4) is 6.07 Å². The number of anilines is 2. The number of nitrogens with zero attached hydrogens (tertiary/aromatic N) is 3. The van der Waals surface area contributed by atoms with Gasteiger partial charge in [0.25, 0.3) is 0 Å². The summed E-state index contributed by atoms with van der Waals surface area (Å²) in [5, 5.41) is 19.0. The van der Waals surface area contributed by atoms with Crippen LogP contribution in [0.15, 0.2) is 0 Å². The predicted molar refractivity (Wildman–Crippen MR) is 70.0 cm³/mol. The van der Waals surface area contributed by atoms with E-state index in [9.17, 15) is 0 Å². The second-order valence-electron chi connectivity index (χ2n) is 3.75. The standard InChI is InChI=1S/C11H18N4OS/c1-3-8(4-2)15(5-6-16)11-9(7-12)10(13)14-17-11/h8,16H,3-6H2,1-2H3,(H2,13,14). The molecule has 0 spiro atoms. The fourth-order valence-electron chi connectivity index (χ4n) is 1.88. The second kappa shape index (κ2) is 6.42. The molecule has 5 nitrogen and oxygen atoms in total. The van der Waals surface area contributed by atoms with E-state index >= 15 is 0 Å². The normalized spacial score (nSPS) is 10.5. The Morgan fingerprint density at radius 2 is 2.18 bits per heavy atom. The number of aliphatic hydroxyl groups is 1. The van der Waals surface area contributed by atoms with Crippen LogP contribution in [0.3, 0.4) is 0 Å². The molecule has 1 aromatic heterocycles. The van der Waals surface area contributed by atoms with E-state index in [-0.39, 0.29) is 12.4 Å². The molecule has 0 saturated heterocycles. The van der Waals surface area contributed by atoms with Crippen LogP contribution in [0.4, 0.5) is 10.8 Å². The first-order valence-electron chi connectivity index (χ1n) is 5.72. The molecule has 0 radical (unpaired) electrons. The van der Waals surface area contributed by atoms with Crippen molar-refractivity contribution in [2.75, 3.05) is 23.8 Å². The Balaban J connectivity index is 3.09. The lowest BCUT2D eigenvalue weighted by atomic mass is 10.1. The van der Waals surface area contributed by atoms with Gasteiger partial charge in [-0.25, -0.2) is 0 Å². The molecule has 0 aliphatic heterocycles. The quantitative estimate of drug-likeness (QED) is 0.805. The van der Waals surface area contributed by atoms with Crippen molar-refractivity contribution in [1.29, 1.82) is 5.26 Å². The van der Waals surface area contributed by atoms with E-state index in [2.05, 4.69) is 24.3 Å². The molecule has 0 saturated carbocycles. The van der Waals surface area contributed by atoms with Gasteiger partial charge >= 0.3 is 0 Å². The van der Waals surface area contributed by atoms with Crippen LogP contribution in [0.2, 0.25) is 0 Å². The highest BCUT2D eigenvalue weighted by atomic mass is 32.1. The van der Waals surface area contributed by atoms with Gasteiger partial charge in [0.1, 0.15) is 16.6 Å². The van der Waals surface area contributed by atoms with Crippen LogP contribution in [0.1, 0.15) is 32.3 Å². The Morgan fingerprint density at radius 1 is 1.53 bits per heavy atom. The van der Waals surface area contributed by atoms with E-state index in [4.69, 9.17) is 16.1 Å². The first-order chi connectivity index (χ1) is 8.19. The van der Waals surface area contributed by atoms with Gasteiger partial charge in [0.05, 0.1) is 6.61 Å². The molecule has 0 aromatic carbocycles. The second-order valence-corrected chi connectivity index (χ2v) is 4.50. The third-order valence-electron chi connectivity index (χ3n) is 2.80. The number of rotatable bonds is 6. The van der Waals surface area contributed by atoms with Gasteiger partial charge in [0.15, 0.2) is 5.82 Å². The van der Waals surface area contributed by atoms with E-state index in [1.54, 1.807) is 0 Å². The highest BCUT2D eigenvalue weighted by molar-refractivity contribution is 7.10. The van der Waals surface area contributed by atoms with Crippen LogP contribution in [0.5, 0.6) is 0 Å². The molecule has 0 aliphatic rings. The van der Waals surface area contributed by atoms with Crippen molar-refractivity contribution in [2.24, 2.45) is 0 Å². The van der Waals surface area contributed by atoms with Crippen molar-refractivity contribution < 1.29 is 5.11 Å². The Hall–Kier alpha value is -1.32. The van der Waals surface area contributed by atoms with Crippen molar-refractivity contribution in [1.82, 2.24) is 4.37 Å². The molecule has 0 amide bonds. The van der Waals surface area contributed by atoms with Gasteiger partial charge in [-0.3, -0.25) is 0 Å². The smallest absolute Gasteiger partial charge is 0.157 e. The summed E-state index contributed by atoms with van der Waals surface area (Å²) in [4.78, 5) is 2.03. The van der Waals surface area contributed by atoms with Crippen LogP contribution in [-0.2, 0) is 0 Å². The van der Waals surface area contributed by atoms with E-state index in [1.807, 2.05) is 4.90 Å². The van der Waals surface area contributed by atoms with Crippen molar-refractivity contribution in [3.63, 3.8) is 0 Å². The predicted octanol–water partition coefficient (Wildman–Crippen LogP) is 1.58. The number of aliphatic hydroxyl groups excluding tert-OH is 1. The Labute approximate surface area is 106 Å². The van der Waals surface area contributed by atoms with Crippen LogP contribution < -0.4 is 10.6 Å². The molecule has 6 heteroatoms. The zero-order chi connectivity index (χ0) is 12.8. The minimum absolute atomic E-state index is 0.0547. The number of hydrogen-bond donors (Lipinski definition) is 2. The molecule has 17 heavy (non-hydrogen) atoms. The highest BCUT2D eigenvalue weighted by Gasteiger charge is 2.22. The molecule has 94 valence electrons. The van der Waals surface area contributed by atoms with Crippen molar-refractivity contribution in [2.45, 2.75) is 32.7 Å². The fourth-order valence-corrected chi connectivity index (χ4v) is 2.74. The number of nitrogens with two attached hydrogens (primary N) is 1. The topological polar surface area (TPSA) is 86.2 Å². The molecule has 1 heterocycles. The van der Waals surface area contributed by atoms with E-state index in [1.165, 1.54) is 11.5 Å². The van der Waals surface area contributed by atoms with E-state index in [0.717, 1.165) is 17.8 Å². The van der Waals surface area contributed by atoms with Gasteiger partial charge in [0, 0.05) is 12.6 Å². The number of nitrogen functional groups attached to an aromatic ring is 1. The molecule has 0 fully saturated rings. The lowest BCUT2D eigenvalue weighted by Gasteiger charge is -2.30. The van der Waals surface area contributed by atoms with Gasteiger partial charge in [0.2, 0.25) is 0 Å². The first kappa shape index (κ1) is 13.7. The maximum atomic E-state index is 9.14. The average molecular weight is 254 g/mol. The summed E-state index contributed by atoms with van der Waals surface area (Å²) < 4.78 is 4.02. The molecular formula is C11H18N4OS. The number of hydrogen-bond acceptors (Lipinski definition) is 6. The molecule has 0 aliphatic carbocycles. The molecule has 3 N–H and O–H groups in total. The summed E-state index contributed by atoms with van der Waals surface area (Å²) in [7, 11) is 0. The number of aromatic nitrogens is 1. The largest absolute Gasteiger partial charge is 0.395 e. The van der Waals surface area contributed by atoms with Gasteiger partial charge in [-0.1, -0.05) is 13.8 Å². The third kappa shape index (κ3) is 2.87. The van der Waals surface area contributed by atoms with Crippen LogP contribution in [-0.4, -0.2) is 28.7 Å². The van der Waals surface area contributed by atoms with Gasteiger partial charge in [-0.05, 0) is 24.4 Å². The number of nitriles is 1. The maximum absolute atomic E-state index is 9.14. The average Bonchev–Trinajstić information content (AvgIpc) is 2.70. The molecular weight excluding hydrogens is 236 g/mol. The van der Waals surface area contributed by atoms with Crippen molar-refractivity contribution in [3.05, 3.63) is 5.56 Å². The van der Waals surface area contributed by atoms with Crippen LogP contribution >= 0.6 is 11.5 Å². The minimum atomic E-state index is 0.0547. The summed E-state index contributed by atoms with van der Waals surface area (Å²) in [6.45, 7) is 4.74. The zero-order valence-corrected chi connectivity index (χ0v) is 11.0. The molecule has 0 unspecified atom stereocenters. The molecule has 0 bridgehead atoms. The summed E-state index contributed by atoms with van der Waals surface area (Å²) in [5.41, 5.74) is 6.08. The third-order valence-corrected chi connectivity index (χ3v) is 3.70. The first-order valence-corrected chi connectivity index (χ1v) is 6.49. The summed E-state index contributed by atoms with van der Waals surface area (Å²) in [6.07, 6.45) is 1.92. The molecule has 0 atom stereocenters. The minimum Gasteiger partial charge on any atom is -0.395 e. The summed E-state index contributed by atoms with van der Waals surface area (Å²) >= 11 is 1.23. The van der Waals surface area contributed by atoms with Crippen LogP contribution in [0.25, 0.3) is 0 Å². The Morgan fingerprint density at radius 3 is 2.65 bits per heavy atom. The molecule has 1 aromatic rings. The lowest BCUT2D eigenvalue weighted by Crippen LogP contribution is -2.36. The van der Waals surface area contributed by atoms with E-state index < -0.39 is 0 Å².